The van der Waals surface area contributed by atoms with E-state index in [0.717, 1.165) is 69.9 Å². The molecule has 128 valence electrons. The molecule has 1 aliphatic heterocycles. The molecule has 0 radical (unpaired) electrons. The van der Waals surface area contributed by atoms with Crippen molar-refractivity contribution in [2.24, 2.45) is 4.99 Å². The van der Waals surface area contributed by atoms with Crippen LogP contribution >= 0.6 is 11.6 Å². The largest absolute Gasteiger partial charge is 0.379 e. The molecule has 0 unspecified atom stereocenters. The zero-order chi connectivity index (χ0) is 16.3. The Hall–Kier alpha value is -1.30. The molecule has 5 nitrogen and oxygen atoms in total. The Bertz CT molecular complexity index is 489. The summed E-state index contributed by atoms with van der Waals surface area (Å²) in [4.78, 5) is 7.03. The number of nitrogens with one attached hydrogen (secondary N) is 2. The average molecular weight is 339 g/mol. The van der Waals surface area contributed by atoms with E-state index in [1.807, 2.05) is 18.2 Å². The van der Waals surface area contributed by atoms with Gasteiger partial charge in [0.1, 0.15) is 0 Å². The summed E-state index contributed by atoms with van der Waals surface area (Å²) in [5, 5.41) is 7.45. The van der Waals surface area contributed by atoms with Gasteiger partial charge >= 0.3 is 0 Å². The van der Waals surface area contributed by atoms with Crippen molar-refractivity contribution in [3.05, 3.63) is 34.9 Å². The first kappa shape index (κ1) is 18.0. The summed E-state index contributed by atoms with van der Waals surface area (Å²) < 4.78 is 5.36. The number of nitrogens with zero attached hydrogens (tertiary/aromatic N) is 2. The normalized spacial score (nSPS) is 16.3. The third kappa shape index (κ3) is 7.20. The minimum Gasteiger partial charge on any atom is -0.379 e. The van der Waals surface area contributed by atoms with Crippen molar-refractivity contribution >= 4 is 17.6 Å². The van der Waals surface area contributed by atoms with E-state index in [-0.39, 0.29) is 0 Å². The maximum atomic E-state index is 6.01. The third-order valence-electron chi connectivity index (χ3n) is 3.73. The van der Waals surface area contributed by atoms with Crippen LogP contribution in [0.4, 0.5) is 0 Å². The summed E-state index contributed by atoms with van der Waals surface area (Å²) in [7, 11) is 0. The summed E-state index contributed by atoms with van der Waals surface area (Å²) in [5.41, 5.74) is 1.23. The molecule has 0 bridgehead atoms. The fourth-order valence-corrected chi connectivity index (χ4v) is 2.70. The second-order valence-corrected chi connectivity index (χ2v) is 5.96. The predicted octanol–water partition coefficient (Wildman–Crippen LogP) is 1.77. The van der Waals surface area contributed by atoms with Gasteiger partial charge in [-0.05, 0) is 31.0 Å². The van der Waals surface area contributed by atoms with Gasteiger partial charge < -0.3 is 15.4 Å². The van der Waals surface area contributed by atoms with Crippen LogP contribution in [-0.4, -0.2) is 63.3 Å². The van der Waals surface area contributed by atoms with Gasteiger partial charge in [-0.3, -0.25) is 9.89 Å². The molecule has 2 N–H and O–H groups in total. The number of rotatable bonds is 7. The maximum absolute atomic E-state index is 6.01. The van der Waals surface area contributed by atoms with Crippen LogP contribution < -0.4 is 10.6 Å². The summed E-state index contributed by atoms with van der Waals surface area (Å²) >= 11 is 6.01. The quantitative estimate of drug-likeness (QED) is 0.587. The van der Waals surface area contributed by atoms with Crippen molar-refractivity contribution in [3.8, 4) is 0 Å². The van der Waals surface area contributed by atoms with Crippen LogP contribution in [0, 0.1) is 0 Å². The first-order chi connectivity index (χ1) is 11.3. The van der Waals surface area contributed by atoms with E-state index in [1.165, 1.54) is 5.56 Å². The molecule has 0 aromatic heterocycles. The van der Waals surface area contributed by atoms with E-state index < -0.39 is 0 Å². The number of morpholine rings is 1. The number of hydrogen-bond acceptors (Lipinski definition) is 3. The molecule has 6 heteroatoms. The van der Waals surface area contributed by atoms with Crippen LogP contribution in [0.25, 0.3) is 0 Å². The van der Waals surface area contributed by atoms with Crippen molar-refractivity contribution in [2.75, 3.05) is 52.5 Å². The zero-order valence-electron chi connectivity index (χ0n) is 13.9. The number of ether oxygens (including phenoxy) is 1. The van der Waals surface area contributed by atoms with Gasteiger partial charge in [0.2, 0.25) is 0 Å². The van der Waals surface area contributed by atoms with Crippen LogP contribution in [0.5, 0.6) is 0 Å². The Balaban J connectivity index is 1.72. The Labute approximate surface area is 144 Å². The summed E-state index contributed by atoms with van der Waals surface area (Å²) in [5.74, 6) is 0.878. The SMILES string of the molecule is CCNC(=NCCN1CCOCC1)NCCc1cccc(Cl)c1. The Kier molecular flexibility index (Phi) is 8.21. The molecule has 0 saturated carbocycles. The highest BCUT2D eigenvalue weighted by molar-refractivity contribution is 6.30. The van der Waals surface area contributed by atoms with Gasteiger partial charge in [-0.2, -0.15) is 0 Å². The van der Waals surface area contributed by atoms with Crippen molar-refractivity contribution in [2.45, 2.75) is 13.3 Å². The van der Waals surface area contributed by atoms with Crippen molar-refractivity contribution in [1.29, 1.82) is 0 Å². The van der Waals surface area contributed by atoms with Crippen LogP contribution in [0.3, 0.4) is 0 Å². The van der Waals surface area contributed by atoms with Crippen LogP contribution in [0.1, 0.15) is 12.5 Å². The molecule has 0 aliphatic carbocycles. The lowest BCUT2D eigenvalue weighted by atomic mass is 10.1. The first-order valence-corrected chi connectivity index (χ1v) is 8.72. The maximum Gasteiger partial charge on any atom is 0.191 e. The molecule has 23 heavy (non-hydrogen) atoms. The van der Waals surface area contributed by atoms with Crippen molar-refractivity contribution < 1.29 is 4.74 Å². The third-order valence-corrected chi connectivity index (χ3v) is 3.96. The Morgan fingerprint density at radius 2 is 2.13 bits per heavy atom. The van der Waals surface area contributed by atoms with E-state index >= 15 is 0 Å². The lowest BCUT2D eigenvalue weighted by molar-refractivity contribution is 0.0394. The fourth-order valence-electron chi connectivity index (χ4n) is 2.49. The van der Waals surface area contributed by atoms with Crippen LogP contribution in [-0.2, 0) is 11.2 Å². The van der Waals surface area contributed by atoms with Gasteiger partial charge in [-0.1, -0.05) is 23.7 Å². The van der Waals surface area contributed by atoms with Crippen molar-refractivity contribution in [3.63, 3.8) is 0 Å². The molecular formula is C17H27ClN4O. The van der Waals surface area contributed by atoms with Gasteiger partial charge in [-0.15, -0.1) is 0 Å². The summed E-state index contributed by atoms with van der Waals surface area (Å²) in [6.07, 6.45) is 0.925. The highest BCUT2D eigenvalue weighted by Crippen LogP contribution is 2.10. The van der Waals surface area contributed by atoms with E-state index in [0.29, 0.717) is 0 Å². The van der Waals surface area contributed by atoms with Gasteiger partial charge in [0.25, 0.3) is 0 Å². The summed E-state index contributed by atoms with van der Waals surface area (Å²) in [6.45, 7) is 9.24. The molecule has 0 amide bonds. The topological polar surface area (TPSA) is 48.9 Å². The minimum atomic E-state index is 0.786. The minimum absolute atomic E-state index is 0.786. The molecular weight excluding hydrogens is 312 g/mol. The van der Waals surface area contributed by atoms with Crippen molar-refractivity contribution in [1.82, 2.24) is 15.5 Å². The highest BCUT2D eigenvalue weighted by Gasteiger charge is 2.09. The summed E-state index contributed by atoms with van der Waals surface area (Å²) in [6, 6.07) is 7.98. The standard InChI is InChI=1S/C17H27ClN4O/c1-2-19-17(21-8-9-22-10-12-23-13-11-22)20-7-6-15-4-3-5-16(18)14-15/h3-5,14H,2,6-13H2,1H3,(H2,19,20,21). The van der Waals surface area contributed by atoms with Gasteiger partial charge in [0.05, 0.1) is 19.8 Å². The van der Waals surface area contributed by atoms with Crippen LogP contribution in [0.2, 0.25) is 5.02 Å². The lowest BCUT2D eigenvalue weighted by Gasteiger charge is -2.25. The highest BCUT2D eigenvalue weighted by atomic mass is 35.5. The number of benzene rings is 1. The molecule has 1 aromatic rings. The van der Waals surface area contributed by atoms with Gasteiger partial charge in [0.15, 0.2) is 5.96 Å². The molecule has 1 heterocycles. The van der Waals surface area contributed by atoms with E-state index in [9.17, 15) is 0 Å². The molecule has 0 spiro atoms. The molecule has 1 aliphatic rings. The molecule has 1 saturated heterocycles. The molecule has 1 fully saturated rings. The lowest BCUT2D eigenvalue weighted by Crippen LogP contribution is -2.40. The zero-order valence-corrected chi connectivity index (χ0v) is 14.6. The number of hydrogen-bond donors (Lipinski definition) is 2. The Morgan fingerprint density at radius 3 is 2.87 bits per heavy atom. The Morgan fingerprint density at radius 1 is 1.30 bits per heavy atom. The predicted molar refractivity (Wildman–Crippen MR) is 96.4 cm³/mol. The molecule has 0 atom stereocenters. The number of halogens is 1. The van der Waals surface area contributed by atoms with E-state index in [4.69, 9.17) is 16.3 Å². The monoisotopic (exact) mass is 338 g/mol. The van der Waals surface area contributed by atoms with Gasteiger partial charge in [-0.25, -0.2) is 0 Å². The second kappa shape index (κ2) is 10.5. The second-order valence-electron chi connectivity index (χ2n) is 5.52. The van der Waals surface area contributed by atoms with E-state index in [2.05, 4.69) is 33.5 Å². The molecule has 2 rings (SSSR count). The smallest absolute Gasteiger partial charge is 0.191 e. The first-order valence-electron chi connectivity index (χ1n) is 8.34. The fraction of sp³-hybridized carbons (Fsp3) is 0.588. The average Bonchev–Trinajstić information content (AvgIpc) is 2.56. The molecule has 1 aromatic carbocycles. The number of guanidine groups is 1. The van der Waals surface area contributed by atoms with Crippen LogP contribution in [0.15, 0.2) is 29.3 Å². The van der Waals surface area contributed by atoms with Gasteiger partial charge in [0, 0.05) is 37.7 Å². The number of aliphatic imine (C=N–C) groups is 1. The van der Waals surface area contributed by atoms with E-state index in [1.54, 1.807) is 0 Å².